The lowest BCUT2D eigenvalue weighted by molar-refractivity contribution is -0.0399. The zero-order valence-corrected chi connectivity index (χ0v) is 16.7. The van der Waals surface area contributed by atoms with Crippen LogP contribution in [0.5, 0.6) is 0 Å². The topological polar surface area (TPSA) is 61.7 Å². The molecule has 0 unspecified atom stereocenters. The molecule has 0 aliphatic carbocycles. The molecule has 6 heteroatoms. The second kappa shape index (κ2) is 8.63. The summed E-state index contributed by atoms with van der Waals surface area (Å²) in [6.07, 6.45) is 3.97. The Morgan fingerprint density at radius 1 is 1.23 bits per heavy atom. The third-order valence-corrected chi connectivity index (χ3v) is 5.38. The number of nitrogens with zero attached hydrogens (tertiary/aromatic N) is 4. The van der Waals surface area contributed by atoms with Crippen molar-refractivity contribution in [2.24, 2.45) is 0 Å². The van der Waals surface area contributed by atoms with Gasteiger partial charge in [-0.1, -0.05) is 6.92 Å². The Labute approximate surface area is 157 Å². The summed E-state index contributed by atoms with van der Waals surface area (Å²) >= 11 is 0. The second-order valence-corrected chi connectivity index (χ2v) is 8.00. The van der Waals surface area contributed by atoms with Crippen LogP contribution in [-0.4, -0.2) is 70.5 Å². The Bertz CT molecular complexity index is 587. The number of aliphatic hydroxyl groups is 1. The molecule has 0 aromatic carbocycles. The van der Waals surface area contributed by atoms with Gasteiger partial charge in [0.2, 0.25) is 0 Å². The van der Waals surface area contributed by atoms with E-state index in [1.165, 1.54) is 0 Å². The molecule has 2 fully saturated rings. The van der Waals surface area contributed by atoms with Crippen LogP contribution in [0.15, 0.2) is 6.07 Å². The van der Waals surface area contributed by atoms with Gasteiger partial charge in [-0.15, -0.1) is 0 Å². The van der Waals surface area contributed by atoms with Gasteiger partial charge in [0.1, 0.15) is 11.6 Å². The number of aliphatic hydroxyl groups excluding tert-OH is 1. The van der Waals surface area contributed by atoms with Crippen molar-refractivity contribution >= 4 is 5.82 Å². The fourth-order valence-corrected chi connectivity index (χ4v) is 4.14. The Kier molecular flexibility index (Phi) is 6.48. The van der Waals surface area contributed by atoms with Crippen LogP contribution in [0, 0.1) is 6.92 Å². The summed E-state index contributed by atoms with van der Waals surface area (Å²) < 4.78 is 5.87. The van der Waals surface area contributed by atoms with Gasteiger partial charge in [-0.05, 0) is 40.0 Å². The average molecular weight is 363 g/mol. The van der Waals surface area contributed by atoms with Gasteiger partial charge in [-0.25, -0.2) is 9.97 Å². The fraction of sp³-hybridized carbons (Fsp3) is 0.800. The van der Waals surface area contributed by atoms with Crippen LogP contribution in [-0.2, 0) is 11.2 Å². The summed E-state index contributed by atoms with van der Waals surface area (Å²) in [6, 6.07) is 2.63. The van der Waals surface area contributed by atoms with Crippen molar-refractivity contribution in [3.05, 3.63) is 17.6 Å². The van der Waals surface area contributed by atoms with Gasteiger partial charge in [0.05, 0.1) is 18.3 Å². The van der Waals surface area contributed by atoms with E-state index < -0.39 is 0 Å². The Morgan fingerprint density at radius 2 is 1.96 bits per heavy atom. The molecule has 0 radical (unpaired) electrons. The van der Waals surface area contributed by atoms with Crippen LogP contribution in [0.25, 0.3) is 0 Å². The molecular formula is C20H34N4O2. The van der Waals surface area contributed by atoms with Crippen molar-refractivity contribution in [3.8, 4) is 0 Å². The minimum Gasteiger partial charge on any atom is -0.389 e. The molecule has 3 rings (SSSR count). The number of ether oxygens (including phenoxy) is 1. The molecule has 2 saturated heterocycles. The first kappa shape index (κ1) is 19.5. The number of likely N-dealkylation sites (tertiary alicyclic amines) is 1. The highest BCUT2D eigenvalue weighted by molar-refractivity contribution is 5.40. The quantitative estimate of drug-likeness (QED) is 0.837. The standard InChI is InChI=1S/C20H34N4O2/c1-5-6-19-21-15(4)11-20(22-19)23-9-7-16(8-10-23)24-12-17(25)18(13-24)26-14(2)3/h11,14,16-18,25H,5-10,12-13H2,1-4H3/t17-,18-/m0/s1. The maximum atomic E-state index is 10.3. The summed E-state index contributed by atoms with van der Waals surface area (Å²) in [6.45, 7) is 11.9. The molecule has 6 nitrogen and oxygen atoms in total. The van der Waals surface area contributed by atoms with E-state index in [9.17, 15) is 5.11 Å². The number of hydrogen-bond donors (Lipinski definition) is 1. The third kappa shape index (κ3) is 4.72. The highest BCUT2D eigenvalue weighted by Crippen LogP contribution is 2.26. The highest BCUT2D eigenvalue weighted by Gasteiger charge is 2.37. The first-order chi connectivity index (χ1) is 12.5. The predicted octanol–water partition coefficient (Wildman–Crippen LogP) is 2.18. The maximum Gasteiger partial charge on any atom is 0.132 e. The van der Waals surface area contributed by atoms with Gasteiger partial charge in [-0.2, -0.15) is 0 Å². The molecule has 1 aromatic heterocycles. The summed E-state index contributed by atoms with van der Waals surface area (Å²) in [4.78, 5) is 14.1. The lowest BCUT2D eigenvalue weighted by Crippen LogP contribution is -2.45. The summed E-state index contributed by atoms with van der Waals surface area (Å²) in [5.41, 5.74) is 1.05. The normalized spacial score (nSPS) is 25.4. The van der Waals surface area contributed by atoms with Crippen LogP contribution in [0.4, 0.5) is 5.82 Å². The molecule has 1 N–H and O–H groups in total. The average Bonchev–Trinajstić information content (AvgIpc) is 2.95. The van der Waals surface area contributed by atoms with Crippen LogP contribution in [0.2, 0.25) is 0 Å². The molecule has 0 amide bonds. The van der Waals surface area contributed by atoms with Gasteiger partial charge < -0.3 is 14.7 Å². The summed E-state index contributed by atoms with van der Waals surface area (Å²) in [7, 11) is 0. The Balaban J connectivity index is 1.56. The van der Waals surface area contributed by atoms with Crippen molar-refractivity contribution in [3.63, 3.8) is 0 Å². The van der Waals surface area contributed by atoms with E-state index >= 15 is 0 Å². The molecule has 26 heavy (non-hydrogen) atoms. The van der Waals surface area contributed by atoms with E-state index in [-0.39, 0.29) is 18.3 Å². The van der Waals surface area contributed by atoms with Crippen LogP contribution in [0.3, 0.4) is 0 Å². The van der Waals surface area contributed by atoms with E-state index in [0.29, 0.717) is 6.04 Å². The lowest BCUT2D eigenvalue weighted by atomic mass is 10.0. The fourth-order valence-electron chi connectivity index (χ4n) is 4.14. The van der Waals surface area contributed by atoms with Gasteiger partial charge in [0.25, 0.3) is 0 Å². The van der Waals surface area contributed by atoms with Gasteiger partial charge in [-0.3, -0.25) is 4.90 Å². The molecule has 0 spiro atoms. The minimum absolute atomic E-state index is 0.0471. The third-order valence-electron chi connectivity index (χ3n) is 5.38. The minimum atomic E-state index is -0.364. The molecule has 146 valence electrons. The predicted molar refractivity (Wildman–Crippen MR) is 104 cm³/mol. The molecule has 3 heterocycles. The van der Waals surface area contributed by atoms with E-state index in [0.717, 1.165) is 69.2 Å². The molecular weight excluding hydrogens is 328 g/mol. The molecule has 2 atom stereocenters. The number of hydrogen-bond acceptors (Lipinski definition) is 6. The summed E-state index contributed by atoms with van der Waals surface area (Å²) in [5.74, 6) is 2.03. The summed E-state index contributed by atoms with van der Waals surface area (Å²) in [5, 5.41) is 10.3. The molecule has 1 aromatic rings. The number of rotatable bonds is 6. The van der Waals surface area contributed by atoms with Crippen LogP contribution < -0.4 is 4.90 Å². The van der Waals surface area contributed by atoms with Crippen LogP contribution >= 0.6 is 0 Å². The molecule has 0 bridgehead atoms. The largest absolute Gasteiger partial charge is 0.389 e. The van der Waals surface area contributed by atoms with Crippen molar-refractivity contribution < 1.29 is 9.84 Å². The number of piperidine rings is 1. The van der Waals surface area contributed by atoms with E-state index in [2.05, 4.69) is 34.7 Å². The molecule has 0 saturated carbocycles. The molecule has 2 aliphatic rings. The van der Waals surface area contributed by atoms with Crippen molar-refractivity contribution in [1.82, 2.24) is 14.9 Å². The Morgan fingerprint density at radius 3 is 2.62 bits per heavy atom. The SMILES string of the molecule is CCCc1nc(C)cc(N2CCC(N3C[C@H](OC(C)C)[C@@H](O)C3)CC2)n1. The zero-order valence-electron chi connectivity index (χ0n) is 16.7. The van der Waals surface area contributed by atoms with Crippen molar-refractivity contribution in [1.29, 1.82) is 0 Å². The van der Waals surface area contributed by atoms with Gasteiger partial charge in [0.15, 0.2) is 0 Å². The van der Waals surface area contributed by atoms with E-state index in [4.69, 9.17) is 9.72 Å². The molecule has 2 aliphatic heterocycles. The first-order valence-corrected chi connectivity index (χ1v) is 10.1. The van der Waals surface area contributed by atoms with E-state index in [1.54, 1.807) is 0 Å². The lowest BCUT2D eigenvalue weighted by Gasteiger charge is -2.37. The van der Waals surface area contributed by atoms with Crippen LogP contribution in [0.1, 0.15) is 51.6 Å². The number of aromatic nitrogens is 2. The smallest absolute Gasteiger partial charge is 0.132 e. The number of β-amino-alcohol motifs (C(OH)–C–C–N with tert-alkyl or cyclic N) is 1. The number of anilines is 1. The van der Waals surface area contributed by atoms with Gasteiger partial charge >= 0.3 is 0 Å². The Hall–Kier alpha value is -1.24. The monoisotopic (exact) mass is 362 g/mol. The maximum absolute atomic E-state index is 10.3. The van der Waals surface area contributed by atoms with Gasteiger partial charge in [0, 0.05) is 50.4 Å². The number of aryl methyl sites for hydroxylation is 2. The van der Waals surface area contributed by atoms with E-state index in [1.807, 2.05) is 13.8 Å². The van der Waals surface area contributed by atoms with Crippen molar-refractivity contribution in [2.75, 3.05) is 31.1 Å². The zero-order chi connectivity index (χ0) is 18.7. The first-order valence-electron chi connectivity index (χ1n) is 10.1. The van der Waals surface area contributed by atoms with Crippen molar-refractivity contribution in [2.45, 2.75) is 77.7 Å². The highest BCUT2D eigenvalue weighted by atomic mass is 16.5. The second-order valence-electron chi connectivity index (χ2n) is 8.00.